The van der Waals surface area contributed by atoms with Gasteiger partial charge in [0.15, 0.2) is 0 Å². The predicted molar refractivity (Wildman–Crippen MR) is 111 cm³/mol. The quantitative estimate of drug-likeness (QED) is 0.612. The number of hydrogen-bond acceptors (Lipinski definition) is 4. The van der Waals surface area contributed by atoms with Crippen LogP contribution in [0, 0.1) is 13.8 Å². The molecule has 1 heterocycles. The van der Waals surface area contributed by atoms with E-state index in [4.69, 9.17) is 0 Å². The zero-order valence-corrected chi connectivity index (χ0v) is 16.7. The van der Waals surface area contributed by atoms with Gasteiger partial charge in [0, 0.05) is 10.6 Å². The highest BCUT2D eigenvalue weighted by molar-refractivity contribution is 8.00. The van der Waals surface area contributed by atoms with Gasteiger partial charge in [-0.3, -0.25) is 4.79 Å². The van der Waals surface area contributed by atoms with Crippen molar-refractivity contribution >= 4 is 35.1 Å². The van der Waals surface area contributed by atoms with Gasteiger partial charge in [0.2, 0.25) is 5.91 Å². The van der Waals surface area contributed by atoms with Gasteiger partial charge < -0.3 is 5.32 Å². The van der Waals surface area contributed by atoms with Crippen molar-refractivity contribution in [2.45, 2.75) is 23.6 Å². The van der Waals surface area contributed by atoms with Gasteiger partial charge in [0.25, 0.3) is 0 Å². The molecule has 0 fully saturated rings. The molecular formula is C20H21N3OS2. The monoisotopic (exact) mass is 383 g/mol. The van der Waals surface area contributed by atoms with Gasteiger partial charge in [0.05, 0.1) is 27.7 Å². The van der Waals surface area contributed by atoms with Gasteiger partial charge >= 0.3 is 0 Å². The third kappa shape index (κ3) is 4.31. The fraction of sp³-hybridized carbons (Fsp3) is 0.200. The van der Waals surface area contributed by atoms with Crippen LogP contribution in [0.5, 0.6) is 0 Å². The van der Waals surface area contributed by atoms with E-state index in [0.717, 1.165) is 27.7 Å². The number of rotatable bonds is 6. The Kier molecular flexibility index (Phi) is 6.06. The molecule has 0 saturated heterocycles. The fourth-order valence-electron chi connectivity index (χ4n) is 2.67. The standard InChI is InChI=1S/C20H21N3OS2/c1-14-20(15(2)23(22-14)17-7-5-4-6-8-17)26-13-19(24)21-16-9-11-18(25-3)12-10-16/h4-12H,13H2,1-3H3,(H,21,24). The van der Waals surface area contributed by atoms with E-state index in [2.05, 4.69) is 10.4 Å². The topological polar surface area (TPSA) is 46.9 Å². The van der Waals surface area contributed by atoms with E-state index in [1.165, 1.54) is 16.7 Å². The summed E-state index contributed by atoms with van der Waals surface area (Å²) >= 11 is 3.21. The number of thioether (sulfide) groups is 2. The summed E-state index contributed by atoms with van der Waals surface area (Å²) in [7, 11) is 0. The van der Waals surface area contributed by atoms with Crippen LogP contribution in [0.3, 0.4) is 0 Å². The van der Waals surface area contributed by atoms with Gasteiger partial charge in [0.1, 0.15) is 0 Å². The molecule has 0 aliphatic carbocycles. The van der Waals surface area contributed by atoms with Crippen molar-refractivity contribution in [1.29, 1.82) is 0 Å². The molecule has 0 aliphatic rings. The zero-order valence-electron chi connectivity index (χ0n) is 15.0. The molecule has 3 rings (SSSR count). The van der Waals surface area contributed by atoms with Crippen molar-refractivity contribution in [2.75, 3.05) is 17.3 Å². The summed E-state index contributed by atoms with van der Waals surface area (Å²) in [5, 5.41) is 7.57. The number of hydrogen-bond donors (Lipinski definition) is 1. The Hall–Kier alpha value is -2.18. The largest absolute Gasteiger partial charge is 0.325 e. The van der Waals surface area contributed by atoms with Crippen LogP contribution in [0.1, 0.15) is 11.4 Å². The van der Waals surface area contributed by atoms with Crippen molar-refractivity contribution in [3.8, 4) is 5.69 Å². The first kappa shape index (κ1) is 18.6. The summed E-state index contributed by atoms with van der Waals surface area (Å²) in [5.74, 6) is 0.338. The number of aromatic nitrogens is 2. The lowest BCUT2D eigenvalue weighted by atomic mass is 10.3. The number of para-hydroxylation sites is 1. The second-order valence-electron chi connectivity index (χ2n) is 5.81. The third-order valence-electron chi connectivity index (χ3n) is 3.95. The molecule has 1 amide bonds. The van der Waals surface area contributed by atoms with Crippen LogP contribution in [0.2, 0.25) is 0 Å². The number of nitrogens with one attached hydrogen (secondary N) is 1. The van der Waals surface area contributed by atoms with E-state index < -0.39 is 0 Å². The first-order chi connectivity index (χ1) is 12.6. The maximum absolute atomic E-state index is 12.3. The number of nitrogens with zero attached hydrogens (tertiary/aromatic N) is 2. The van der Waals surface area contributed by atoms with E-state index in [0.29, 0.717) is 5.75 Å². The van der Waals surface area contributed by atoms with Crippen molar-refractivity contribution in [1.82, 2.24) is 9.78 Å². The minimum Gasteiger partial charge on any atom is -0.325 e. The van der Waals surface area contributed by atoms with E-state index in [-0.39, 0.29) is 5.91 Å². The number of aryl methyl sites for hydroxylation is 1. The van der Waals surface area contributed by atoms with E-state index >= 15 is 0 Å². The molecule has 134 valence electrons. The molecule has 0 bridgehead atoms. The molecule has 0 spiro atoms. The van der Waals surface area contributed by atoms with Gasteiger partial charge in [-0.15, -0.1) is 23.5 Å². The Morgan fingerprint density at radius 3 is 2.42 bits per heavy atom. The lowest BCUT2D eigenvalue weighted by molar-refractivity contribution is -0.113. The minimum atomic E-state index is -0.0156. The normalized spacial score (nSPS) is 10.7. The Balaban J connectivity index is 1.65. The SMILES string of the molecule is CSc1ccc(NC(=O)CSc2c(C)nn(-c3ccccc3)c2C)cc1. The molecule has 1 aromatic heterocycles. The van der Waals surface area contributed by atoms with E-state index in [1.807, 2.05) is 79.4 Å². The molecular weight excluding hydrogens is 362 g/mol. The molecule has 6 heteroatoms. The second kappa shape index (κ2) is 8.47. The number of amides is 1. The zero-order chi connectivity index (χ0) is 18.5. The molecule has 0 radical (unpaired) electrons. The summed E-state index contributed by atoms with van der Waals surface area (Å²) in [6.07, 6.45) is 2.03. The van der Waals surface area contributed by atoms with Crippen molar-refractivity contribution < 1.29 is 4.79 Å². The van der Waals surface area contributed by atoms with Crippen molar-refractivity contribution in [3.05, 3.63) is 66.0 Å². The Labute approximate surface area is 162 Å². The predicted octanol–water partition coefficient (Wildman–Crippen LogP) is 4.94. The first-order valence-electron chi connectivity index (χ1n) is 8.27. The van der Waals surface area contributed by atoms with Crippen LogP contribution in [-0.4, -0.2) is 27.7 Å². The van der Waals surface area contributed by atoms with Crippen LogP contribution in [-0.2, 0) is 4.79 Å². The molecule has 0 saturated carbocycles. The highest BCUT2D eigenvalue weighted by atomic mass is 32.2. The lowest BCUT2D eigenvalue weighted by Crippen LogP contribution is -2.14. The third-order valence-corrected chi connectivity index (χ3v) is 5.98. The average Bonchev–Trinajstić information content (AvgIpc) is 2.95. The summed E-state index contributed by atoms with van der Waals surface area (Å²) < 4.78 is 1.93. The number of anilines is 1. The van der Waals surface area contributed by atoms with Crippen LogP contribution in [0.15, 0.2) is 64.4 Å². The van der Waals surface area contributed by atoms with Crippen LogP contribution in [0.25, 0.3) is 5.69 Å². The highest BCUT2D eigenvalue weighted by Crippen LogP contribution is 2.28. The molecule has 0 unspecified atom stereocenters. The van der Waals surface area contributed by atoms with Crippen LogP contribution in [0.4, 0.5) is 5.69 Å². The highest BCUT2D eigenvalue weighted by Gasteiger charge is 2.14. The second-order valence-corrected chi connectivity index (χ2v) is 7.68. The van der Waals surface area contributed by atoms with Gasteiger partial charge in [-0.25, -0.2) is 4.68 Å². The van der Waals surface area contributed by atoms with E-state index in [1.54, 1.807) is 11.8 Å². The molecule has 0 atom stereocenters. The fourth-order valence-corrected chi connectivity index (χ4v) is 3.97. The number of benzene rings is 2. The smallest absolute Gasteiger partial charge is 0.234 e. The minimum absolute atomic E-state index is 0.0156. The summed E-state index contributed by atoms with van der Waals surface area (Å²) in [5.41, 5.74) is 3.84. The molecule has 4 nitrogen and oxygen atoms in total. The number of carbonyl (C=O) groups excluding carboxylic acids is 1. The maximum atomic E-state index is 12.3. The van der Waals surface area contributed by atoms with Gasteiger partial charge in [-0.1, -0.05) is 18.2 Å². The molecule has 0 aliphatic heterocycles. The van der Waals surface area contributed by atoms with Crippen LogP contribution >= 0.6 is 23.5 Å². The maximum Gasteiger partial charge on any atom is 0.234 e. The van der Waals surface area contributed by atoms with Crippen molar-refractivity contribution in [2.24, 2.45) is 0 Å². The van der Waals surface area contributed by atoms with Crippen molar-refractivity contribution in [3.63, 3.8) is 0 Å². The average molecular weight is 384 g/mol. The molecule has 3 aromatic rings. The van der Waals surface area contributed by atoms with Gasteiger partial charge in [-0.05, 0) is 56.5 Å². The lowest BCUT2D eigenvalue weighted by Gasteiger charge is -2.07. The van der Waals surface area contributed by atoms with Crippen LogP contribution < -0.4 is 5.32 Å². The summed E-state index contributed by atoms with van der Waals surface area (Å²) in [6.45, 7) is 4.02. The van der Waals surface area contributed by atoms with E-state index in [9.17, 15) is 4.79 Å². The van der Waals surface area contributed by atoms with Gasteiger partial charge in [-0.2, -0.15) is 5.10 Å². The first-order valence-corrected chi connectivity index (χ1v) is 10.5. The number of carbonyl (C=O) groups is 1. The Morgan fingerprint density at radius 1 is 1.08 bits per heavy atom. The summed E-state index contributed by atoms with van der Waals surface area (Å²) in [4.78, 5) is 14.5. The Bertz CT molecular complexity index is 889. The Morgan fingerprint density at radius 2 is 1.77 bits per heavy atom. The molecule has 1 N–H and O–H groups in total. The molecule has 2 aromatic carbocycles. The summed E-state index contributed by atoms with van der Waals surface area (Å²) in [6, 6.07) is 17.9. The molecule has 26 heavy (non-hydrogen) atoms.